The lowest BCUT2D eigenvalue weighted by Crippen LogP contribution is -2.39. The van der Waals surface area contributed by atoms with Crippen LogP contribution in [0.25, 0.3) is 10.9 Å². The van der Waals surface area contributed by atoms with E-state index in [2.05, 4.69) is 4.98 Å². The number of hydrogen-bond donors (Lipinski definition) is 2. The molecular weight excluding hydrogens is 311 g/mol. The molecule has 3 rings (SSSR count). The highest BCUT2D eigenvalue weighted by Crippen LogP contribution is 2.31. The Morgan fingerprint density at radius 3 is 2.71 bits per heavy atom. The first-order chi connectivity index (χ1) is 10.1. The molecule has 6 heteroatoms. The van der Waals surface area contributed by atoms with E-state index in [1.807, 2.05) is 6.07 Å². The lowest BCUT2D eigenvalue weighted by molar-refractivity contribution is 0.0646. The van der Waals surface area contributed by atoms with Crippen LogP contribution in [0, 0.1) is 5.92 Å². The van der Waals surface area contributed by atoms with Crippen molar-refractivity contribution >= 4 is 40.0 Å². The van der Waals surface area contributed by atoms with Gasteiger partial charge in [-0.15, -0.1) is 0 Å². The van der Waals surface area contributed by atoms with Crippen molar-refractivity contribution in [2.75, 3.05) is 19.7 Å². The molecule has 0 bridgehead atoms. The van der Waals surface area contributed by atoms with Crippen molar-refractivity contribution in [1.29, 1.82) is 0 Å². The van der Waals surface area contributed by atoms with E-state index in [4.69, 9.17) is 28.3 Å². The summed E-state index contributed by atoms with van der Waals surface area (Å²) in [7, 11) is 0. The van der Waals surface area contributed by atoms with Crippen molar-refractivity contribution in [3.63, 3.8) is 0 Å². The van der Waals surface area contributed by atoms with Gasteiger partial charge in [0.05, 0.1) is 5.02 Å². The van der Waals surface area contributed by atoms with Gasteiger partial charge in [0.1, 0.15) is 5.69 Å². The van der Waals surface area contributed by atoms with Crippen LogP contribution < -0.4 is 0 Å². The second-order valence-corrected chi connectivity index (χ2v) is 6.24. The average Bonchev–Trinajstić information content (AvgIpc) is 2.83. The van der Waals surface area contributed by atoms with E-state index in [0.717, 1.165) is 23.7 Å². The number of benzene rings is 1. The van der Waals surface area contributed by atoms with E-state index in [1.165, 1.54) is 0 Å². The van der Waals surface area contributed by atoms with E-state index >= 15 is 0 Å². The van der Waals surface area contributed by atoms with Crippen LogP contribution in [0.4, 0.5) is 0 Å². The third kappa shape index (κ3) is 2.76. The van der Waals surface area contributed by atoms with Gasteiger partial charge in [0.2, 0.25) is 0 Å². The van der Waals surface area contributed by atoms with Gasteiger partial charge in [0.25, 0.3) is 5.91 Å². The highest BCUT2D eigenvalue weighted by atomic mass is 35.5. The topological polar surface area (TPSA) is 56.3 Å². The molecule has 1 fully saturated rings. The van der Waals surface area contributed by atoms with Crippen molar-refractivity contribution < 1.29 is 9.90 Å². The molecule has 1 aliphatic rings. The standard InChI is InChI=1S/C15H16Cl2N2O2/c16-10-1-2-12-11(7-10)13(17)14(18-12)15(21)19-5-3-9(8-20)4-6-19/h1-2,7,9,18,20H,3-6,8H2. The third-order valence-corrected chi connectivity index (χ3v) is 4.70. The van der Waals surface area contributed by atoms with Gasteiger partial charge in [-0.1, -0.05) is 23.2 Å². The fourth-order valence-electron chi connectivity index (χ4n) is 2.76. The molecule has 1 aliphatic heterocycles. The average molecular weight is 327 g/mol. The third-order valence-electron chi connectivity index (χ3n) is 4.07. The Morgan fingerprint density at radius 2 is 2.05 bits per heavy atom. The summed E-state index contributed by atoms with van der Waals surface area (Å²) in [5.41, 5.74) is 1.22. The Morgan fingerprint density at radius 1 is 1.33 bits per heavy atom. The number of hydrogen-bond acceptors (Lipinski definition) is 2. The van der Waals surface area contributed by atoms with Crippen molar-refractivity contribution in [2.45, 2.75) is 12.8 Å². The molecule has 1 aromatic carbocycles. The highest BCUT2D eigenvalue weighted by Gasteiger charge is 2.26. The number of fused-ring (bicyclic) bond motifs is 1. The number of amides is 1. The van der Waals surface area contributed by atoms with Crippen LogP contribution in [0.3, 0.4) is 0 Å². The van der Waals surface area contributed by atoms with Gasteiger partial charge in [0.15, 0.2) is 0 Å². The van der Waals surface area contributed by atoms with Crippen LogP contribution in [-0.4, -0.2) is 40.6 Å². The summed E-state index contributed by atoms with van der Waals surface area (Å²) in [6.07, 6.45) is 1.65. The molecule has 2 aromatic rings. The monoisotopic (exact) mass is 326 g/mol. The van der Waals surface area contributed by atoms with Crippen LogP contribution in [0.15, 0.2) is 18.2 Å². The number of aromatic amines is 1. The number of rotatable bonds is 2. The molecule has 112 valence electrons. The molecule has 2 N–H and O–H groups in total. The molecule has 0 unspecified atom stereocenters. The summed E-state index contributed by atoms with van der Waals surface area (Å²) in [6.45, 7) is 1.49. The lowest BCUT2D eigenvalue weighted by Gasteiger charge is -2.30. The van der Waals surface area contributed by atoms with Gasteiger partial charge < -0.3 is 15.0 Å². The Balaban J connectivity index is 1.87. The number of nitrogens with zero attached hydrogens (tertiary/aromatic N) is 1. The second-order valence-electron chi connectivity index (χ2n) is 5.42. The number of aliphatic hydroxyl groups excluding tert-OH is 1. The number of carbonyl (C=O) groups is 1. The zero-order valence-electron chi connectivity index (χ0n) is 11.4. The molecule has 0 radical (unpaired) electrons. The molecule has 2 heterocycles. The van der Waals surface area contributed by atoms with Crippen molar-refractivity contribution in [1.82, 2.24) is 9.88 Å². The minimum absolute atomic E-state index is 0.0938. The van der Waals surface area contributed by atoms with Gasteiger partial charge in [0, 0.05) is 35.6 Å². The van der Waals surface area contributed by atoms with E-state index in [0.29, 0.717) is 34.7 Å². The number of aliphatic hydroxyl groups is 1. The summed E-state index contributed by atoms with van der Waals surface area (Å²) in [5.74, 6) is 0.203. The molecule has 0 saturated carbocycles. The molecule has 4 nitrogen and oxygen atoms in total. The molecule has 1 amide bonds. The highest BCUT2D eigenvalue weighted by molar-refractivity contribution is 6.39. The normalized spacial score (nSPS) is 16.6. The van der Waals surface area contributed by atoms with Crippen LogP contribution in [0.5, 0.6) is 0 Å². The summed E-state index contributed by atoms with van der Waals surface area (Å²) >= 11 is 12.3. The number of aromatic nitrogens is 1. The predicted octanol–water partition coefficient (Wildman–Crippen LogP) is 3.32. The SMILES string of the molecule is O=C(c1[nH]c2ccc(Cl)cc2c1Cl)N1CCC(CO)CC1. The van der Waals surface area contributed by atoms with E-state index in [-0.39, 0.29) is 12.5 Å². The lowest BCUT2D eigenvalue weighted by atomic mass is 9.98. The maximum Gasteiger partial charge on any atom is 0.271 e. The van der Waals surface area contributed by atoms with Gasteiger partial charge in [-0.25, -0.2) is 0 Å². The van der Waals surface area contributed by atoms with Crippen molar-refractivity contribution in [3.8, 4) is 0 Å². The Kier molecular flexibility index (Phi) is 4.11. The fraction of sp³-hybridized carbons (Fsp3) is 0.400. The largest absolute Gasteiger partial charge is 0.396 e. The molecule has 0 atom stereocenters. The van der Waals surface area contributed by atoms with Crippen molar-refractivity contribution in [3.05, 3.63) is 33.9 Å². The van der Waals surface area contributed by atoms with Crippen LogP contribution >= 0.6 is 23.2 Å². The van der Waals surface area contributed by atoms with Gasteiger partial charge >= 0.3 is 0 Å². The van der Waals surface area contributed by atoms with Gasteiger partial charge in [-0.2, -0.15) is 0 Å². The second kappa shape index (κ2) is 5.87. The predicted molar refractivity (Wildman–Crippen MR) is 84.0 cm³/mol. The van der Waals surface area contributed by atoms with Crippen LogP contribution in [-0.2, 0) is 0 Å². The molecular formula is C15H16Cl2N2O2. The minimum atomic E-state index is -0.0938. The van der Waals surface area contributed by atoms with E-state index in [1.54, 1.807) is 17.0 Å². The summed E-state index contributed by atoms with van der Waals surface area (Å²) in [5, 5.41) is 10.9. The van der Waals surface area contributed by atoms with E-state index in [9.17, 15) is 4.79 Å². The quantitative estimate of drug-likeness (QED) is 0.889. The zero-order valence-corrected chi connectivity index (χ0v) is 12.9. The molecule has 1 saturated heterocycles. The molecule has 21 heavy (non-hydrogen) atoms. The van der Waals surface area contributed by atoms with Gasteiger partial charge in [-0.05, 0) is 37.0 Å². The number of piperidine rings is 1. The first-order valence-corrected chi connectivity index (χ1v) is 7.72. The molecule has 1 aromatic heterocycles. The van der Waals surface area contributed by atoms with Crippen LogP contribution in [0.2, 0.25) is 10.0 Å². The first kappa shape index (κ1) is 14.7. The minimum Gasteiger partial charge on any atom is -0.396 e. The maximum absolute atomic E-state index is 12.6. The number of H-pyrrole nitrogens is 1. The maximum atomic E-state index is 12.6. The Hall–Kier alpha value is -1.23. The zero-order chi connectivity index (χ0) is 15.0. The number of likely N-dealkylation sites (tertiary alicyclic amines) is 1. The molecule has 0 spiro atoms. The summed E-state index contributed by atoms with van der Waals surface area (Å²) < 4.78 is 0. The Labute approximate surface area is 132 Å². The number of nitrogens with one attached hydrogen (secondary N) is 1. The summed E-state index contributed by atoms with van der Waals surface area (Å²) in [4.78, 5) is 17.4. The number of halogens is 2. The van der Waals surface area contributed by atoms with E-state index < -0.39 is 0 Å². The summed E-state index contributed by atoms with van der Waals surface area (Å²) in [6, 6.07) is 5.33. The Bertz CT molecular complexity index is 676. The smallest absolute Gasteiger partial charge is 0.271 e. The fourth-order valence-corrected chi connectivity index (χ4v) is 3.21. The van der Waals surface area contributed by atoms with Crippen molar-refractivity contribution in [2.24, 2.45) is 5.92 Å². The molecule has 0 aliphatic carbocycles. The first-order valence-electron chi connectivity index (χ1n) is 6.97. The van der Waals surface area contributed by atoms with Gasteiger partial charge in [-0.3, -0.25) is 4.79 Å². The van der Waals surface area contributed by atoms with Crippen LogP contribution in [0.1, 0.15) is 23.3 Å². The number of carbonyl (C=O) groups excluding carboxylic acids is 1.